The molecular formula is C11H14O. The predicted octanol–water partition coefficient (Wildman–Crippen LogP) is 2.32. The maximum atomic E-state index is 11.4. The van der Waals surface area contributed by atoms with Crippen molar-refractivity contribution in [1.82, 2.24) is 0 Å². The van der Waals surface area contributed by atoms with Crippen molar-refractivity contribution in [3.63, 3.8) is 0 Å². The fourth-order valence-corrected chi connectivity index (χ4v) is 3.57. The molecule has 12 heavy (non-hydrogen) atoms. The van der Waals surface area contributed by atoms with Crippen molar-refractivity contribution in [2.75, 3.05) is 0 Å². The first-order chi connectivity index (χ1) is 5.83. The number of hydrogen-bond acceptors (Lipinski definition) is 1. The molecule has 3 aliphatic carbocycles. The van der Waals surface area contributed by atoms with E-state index in [2.05, 4.69) is 12.2 Å². The van der Waals surface area contributed by atoms with E-state index in [4.69, 9.17) is 0 Å². The Balaban J connectivity index is 2.01. The number of carbonyl (C=O) groups is 1. The quantitative estimate of drug-likeness (QED) is 0.499. The van der Waals surface area contributed by atoms with Crippen LogP contribution in [0.4, 0.5) is 0 Å². The van der Waals surface area contributed by atoms with Gasteiger partial charge in [-0.3, -0.25) is 4.79 Å². The number of ketones is 1. The Labute approximate surface area is 72.8 Å². The molecule has 1 heteroatoms. The molecule has 64 valence electrons. The topological polar surface area (TPSA) is 17.1 Å². The second-order valence-electron chi connectivity index (χ2n) is 4.59. The predicted molar refractivity (Wildman–Crippen MR) is 46.6 cm³/mol. The standard InChI is InChI=1S/C11H14O/c12-10-7-11-6-2-4-8(11)3-1-5-9(10)11/h1,3,8-9H,2,4-7H2/t8-,9+,11+/m0/s1. The van der Waals surface area contributed by atoms with E-state index >= 15 is 0 Å². The zero-order valence-corrected chi connectivity index (χ0v) is 7.25. The molecule has 0 amide bonds. The SMILES string of the molecule is O=C1C[C@]23CCC[C@@H]2C=CC[C@H]13. The zero-order valence-electron chi connectivity index (χ0n) is 7.25. The van der Waals surface area contributed by atoms with Gasteiger partial charge in [-0.05, 0) is 30.6 Å². The summed E-state index contributed by atoms with van der Waals surface area (Å²) in [5.74, 6) is 1.72. The van der Waals surface area contributed by atoms with Crippen LogP contribution in [0.15, 0.2) is 12.2 Å². The molecule has 3 aliphatic rings. The van der Waals surface area contributed by atoms with Crippen LogP contribution in [0.25, 0.3) is 0 Å². The molecule has 1 spiro atoms. The van der Waals surface area contributed by atoms with Gasteiger partial charge in [-0.2, -0.15) is 0 Å². The number of Topliss-reactive ketones (excluding diaryl/α,β-unsaturated/α-hetero) is 1. The average molecular weight is 162 g/mol. The second kappa shape index (κ2) is 2.01. The lowest BCUT2D eigenvalue weighted by Crippen LogP contribution is -2.51. The molecule has 0 saturated heterocycles. The van der Waals surface area contributed by atoms with Crippen LogP contribution >= 0.6 is 0 Å². The largest absolute Gasteiger partial charge is 0.299 e. The van der Waals surface area contributed by atoms with E-state index in [0.717, 1.165) is 18.8 Å². The van der Waals surface area contributed by atoms with Crippen LogP contribution < -0.4 is 0 Å². The van der Waals surface area contributed by atoms with Crippen molar-refractivity contribution in [3.8, 4) is 0 Å². The molecule has 0 aliphatic heterocycles. The van der Waals surface area contributed by atoms with Crippen molar-refractivity contribution >= 4 is 5.78 Å². The van der Waals surface area contributed by atoms with Crippen LogP contribution in [0.5, 0.6) is 0 Å². The van der Waals surface area contributed by atoms with Gasteiger partial charge in [0.2, 0.25) is 0 Å². The normalized spacial score (nSPS) is 49.8. The highest BCUT2D eigenvalue weighted by atomic mass is 16.1. The second-order valence-corrected chi connectivity index (χ2v) is 4.59. The molecule has 1 nitrogen and oxygen atoms in total. The van der Waals surface area contributed by atoms with Gasteiger partial charge in [0, 0.05) is 12.3 Å². The molecule has 3 rings (SSSR count). The molecule has 0 bridgehead atoms. The van der Waals surface area contributed by atoms with Crippen LogP contribution in [-0.2, 0) is 4.79 Å². The van der Waals surface area contributed by atoms with Crippen LogP contribution in [0.2, 0.25) is 0 Å². The molecular weight excluding hydrogens is 148 g/mol. The van der Waals surface area contributed by atoms with E-state index in [1.807, 2.05) is 0 Å². The van der Waals surface area contributed by atoms with Crippen molar-refractivity contribution in [2.45, 2.75) is 32.1 Å². The van der Waals surface area contributed by atoms with Gasteiger partial charge in [-0.1, -0.05) is 18.6 Å². The number of allylic oxidation sites excluding steroid dienone is 2. The van der Waals surface area contributed by atoms with Crippen molar-refractivity contribution in [2.24, 2.45) is 17.3 Å². The molecule has 0 heterocycles. The lowest BCUT2D eigenvalue weighted by Gasteiger charge is -2.51. The first-order valence-electron chi connectivity index (χ1n) is 5.02. The Morgan fingerprint density at radius 3 is 3.25 bits per heavy atom. The van der Waals surface area contributed by atoms with E-state index in [9.17, 15) is 4.79 Å². The van der Waals surface area contributed by atoms with Crippen molar-refractivity contribution < 1.29 is 4.79 Å². The summed E-state index contributed by atoms with van der Waals surface area (Å²) in [5.41, 5.74) is 0.464. The molecule has 2 saturated carbocycles. The Bertz CT molecular complexity index is 266. The third-order valence-electron chi connectivity index (χ3n) is 4.22. The summed E-state index contributed by atoms with van der Waals surface area (Å²) in [6, 6.07) is 0. The fourth-order valence-electron chi connectivity index (χ4n) is 3.57. The number of rotatable bonds is 0. The molecule has 0 unspecified atom stereocenters. The fraction of sp³-hybridized carbons (Fsp3) is 0.727. The minimum Gasteiger partial charge on any atom is -0.299 e. The highest BCUT2D eigenvalue weighted by Gasteiger charge is 2.58. The van der Waals surface area contributed by atoms with Gasteiger partial charge < -0.3 is 0 Å². The lowest BCUT2D eigenvalue weighted by molar-refractivity contribution is -0.145. The Kier molecular flexibility index (Phi) is 1.15. The maximum absolute atomic E-state index is 11.4. The van der Waals surface area contributed by atoms with Gasteiger partial charge in [0.15, 0.2) is 0 Å². The van der Waals surface area contributed by atoms with Gasteiger partial charge in [-0.15, -0.1) is 0 Å². The Morgan fingerprint density at radius 1 is 1.50 bits per heavy atom. The van der Waals surface area contributed by atoms with Crippen molar-refractivity contribution in [3.05, 3.63) is 12.2 Å². The summed E-state index contributed by atoms with van der Waals surface area (Å²) >= 11 is 0. The summed E-state index contributed by atoms with van der Waals surface area (Å²) < 4.78 is 0. The van der Waals surface area contributed by atoms with E-state index in [0.29, 0.717) is 17.1 Å². The molecule has 0 N–H and O–H groups in total. The van der Waals surface area contributed by atoms with Crippen LogP contribution in [0, 0.1) is 17.3 Å². The maximum Gasteiger partial charge on any atom is 0.137 e. The Morgan fingerprint density at radius 2 is 2.42 bits per heavy atom. The first kappa shape index (κ1) is 6.88. The molecule has 0 radical (unpaired) electrons. The van der Waals surface area contributed by atoms with E-state index in [1.165, 1.54) is 19.3 Å². The molecule has 0 aromatic rings. The van der Waals surface area contributed by atoms with Gasteiger partial charge >= 0.3 is 0 Å². The minimum atomic E-state index is 0.426. The van der Waals surface area contributed by atoms with Gasteiger partial charge in [0.1, 0.15) is 5.78 Å². The molecule has 0 aromatic carbocycles. The summed E-state index contributed by atoms with van der Waals surface area (Å²) in [5, 5.41) is 0. The summed E-state index contributed by atoms with van der Waals surface area (Å²) in [6.07, 6.45) is 10.5. The number of carbonyl (C=O) groups excluding carboxylic acids is 1. The molecule has 0 aromatic heterocycles. The van der Waals surface area contributed by atoms with Crippen LogP contribution in [-0.4, -0.2) is 5.78 Å². The van der Waals surface area contributed by atoms with E-state index < -0.39 is 0 Å². The number of hydrogen-bond donors (Lipinski definition) is 0. The monoisotopic (exact) mass is 162 g/mol. The average Bonchev–Trinajstić information content (AvgIpc) is 2.46. The zero-order chi connectivity index (χ0) is 8.18. The first-order valence-corrected chi connectivity index (χ1v) is 5.02. The van der Waals surface area contributed by atoms with Crippen molar-refractivity contribution in [1.29, 1.82) is 0 Å². The van der Waals surface area contributed by atoms with E-state index in [-0.39, 0.29) is 0 Å². The molecule has 2 fully saturated rings. The van der Waals surface area contributed by atoms with Gasteiger partial charge in [0.05, 0.1) is 0 Å². The van der Waals surface area contributed by atoms with Gasteiger partial charge in [0.25, 0.3) is 0 Å². The summed E-state index contributed by atoms with van der Waals surface area (Å²) in [7, 11) is 0. The third kappa shape index (κ3) is 0.596. The summed E-state index contributed by atoms with van der Waals surface area (Å²) in [4.78, 5) is 11.4. The summed E-state index contributed by atoms with van der Waals surface area (Å²) in [6.45, 7) is 0. The van der Waals surface area contributed by atoms with Gasteiger partial charge in [-0.25, -0.2) is 0 Å². The Hall–Kier alpha value is -0.590. The highest BCUT2D eigenvalue weighted by molar-refractivity contribution is 5.89. The van der Waals surface area contributed by atoms with Crippen LogP contribution in [0.1, 0.15) is 32.1 Å². The lowest BCUT2D eigenvalue weighted by atomic mass is 9.51. The van der Waals surface area contributed by atoms with E-state index in [1.54, 1.807) is 0 Å². The third-order valence-corrected chi connectivity index (χ3v) is 4.22. The molecule has 3 atom stereocenters. The van der Waals surface area contributed by atoms with Crippen LogP contribution in [0.3, 0.4) is 0 Å². The highest BCUT2D eigenvalue weighted by Crippen LogP contribution is 2.61. The smallest absolute Gasteiger partial charge is 0.137 e. The minimum absolute atomic E-state index is 0.426.